The molecule has 0 saturated carbocycles. The molecule has 0 unspecified atom stereocenters. The number of fused-ring (bicyclic) bond motifs is 1. The second-order valence-electron chi connectivity index (χ2n) is 7.18. The second-order valence-corrected chi connectivity index (χ2v) is 7.18. The van der Waals surface area contributed by atoms with Crippen LogP contribution in [-0.4, -0.2) is 48.9 Å². The third-order valence-electron chi connectivity index (χ3n) is 5.00. The van der Waals surface area contributed by atoms with Crippen molar-refractivity contribution in [3.8, 4) is 5.75 Å². The second kappa shape index (κ2) is 13.0. The lowest BCUT2D eigenvalue weighted by atomic mass is 10.1. The number of nitrogens with zero attached hydrogens (tertiary/aromatic N) is 2. The van der Waals surface area contributed by atoms with Crippen LogP contribution < -0.4 is 15.4 Å². The molecular formula is C24H31IN4O3. The highest BCUT2D eigenvalue weighted by atomic mass is 127. The molecule has 7 nitrogen and oxygen atoms in total. The Hall–Kier alpha value is -2.62. The molecule has 0 bridgehead atoms. The Bertz CT molecular complexity index is 913. The van der Waals surface area contributed by atoms with E-state index < -0.39 is 0 Å². The Balaban J connectivity index is 0.00000363. The van der Waals surface area contributed by atoms with Crippen LogP contribution in [0.5, 0.6) is 5.75 Å². The molecule has 2 aromatic carbocycles. The summed E-state index contributed by atoms with van der Waals surface area (Å²) in [6, 6.07) is 14.9. The maximum absolute atomic E-state index is 12.4. The number of carbonyl (C=O) groups is 2. The minimum absolute atomic E-state index is 0. The predicted octanol–water partition coefficient (Wildman–Crippen LogP) is 3.83. The van der Waals surface area contributed by atoms with Gasteiger partial charge < -0.3 is 15.4 Å². The average molecular weight is 550 g/mol. The summed E-state index contributed by atoms with van der Waals surface area (Å²) in [4.78, 5) is 30.8. The van der Waals surface area contributed by atoms with Crippen molar-refractivity contribution in [1.82, 2.24) is 15.5 Å². The number of rotatable bonds is 10. The van der Waals surface area contributed by atoms with Crippen molar-refractivity contribution in [2.45, 2.75) is 33.2 Å². The minimum Gasteiger partial charge on any atom is -0.494 e. The number of carbonyl (C=O) groups excluding carboxylic acids is 2. The Morgan fingerprint density at radius 3 is 2.25 bits per heavy atom. The molecule has 1 aliphatic rings. The fraction of sp³-hybridized carbons (Fsp3) is 0.375. The van der Waals surface area contributed by atoms with Crippen molar-refractivity contribution in [3.05, 3.63) is 65.2 Å². The zero-order chi connectivity index (χ0) is 22.1. The largest absolute Gasteiger partial charge is 0.494 e. The number of guanidine groups is 1. The molecule has 172 valence electrons. The highest BCUT2D eigenvalue weighted by Crippen LogP contribution is 2.22. The van der Waals surface area contributed by atoms with Crippen LogP contribution in [-0.2, 0) is 6.54 Å². The lowest BCUT2D eigenvalue weighted by Crippen LogP contribution is -2.38. The van der Waals surface area contributed by atoms with Gasteiger partial charge in [0.15, 0.2) is 5.96 Å². The summed E-state index contributed by atoms with van der Waals surface area (Å²) in [5.74, 6) is 1.19. The Morgan fingerprint density at radius 1 is 0.938 bits per heavy atom. The monoisotopic (exact) mass is 550 g/mol. The van der Waals surface area contributed by atoms with Crippen LogP contribution in [0.3, 0.4) is 0 Å². The SMILES string of the molecule is CCNC(=NCc1ccccc1OCC)NCCCCN1C(=O)c2ccccc2C1=O.I. The van der Waals surface area contributed by atoms with E-state index in [0.29, 0.717) is 37.4 Å². The Morgan fingerprint density at radius 2 is 1.59 bits per heavy atom. The molecule has 32 heavy (non-hydrogen) atoms. The smallest absolute Gasteiger partial charge is 0.261 e. The average Bonchev–Trinajstić information content (AvgIpc) is 3.03. The summed E-state index contributed by atoms with van der Waals surface area (Å²) >= 11 is 0. The van der Waals surface area contributed by atoms with Crippen molar-refractivity contribution in [2.24, 2.45) is 4.99 Å². The highest BCUT2D eigenvalue weighted by molar-refractivity contribution is 14.0. The van der Waals surface area contributed by atoms with Crippen molar-refractivity contribution in [3.63, 3.8) is 0 Å². The van der Waals surface area contributed by atoms with Gasteiger partial charge in [-0.1, -0.05) is 30.3 Å². The molecule has 0 saturated heterocycles. The maximum Gasteiger partial charge on any atom is 0.261 e. The van der Waals surface area contributed by atoms with E-state index in [1.165, 1.54) is 4.90 Å². The number of nitrogens with one attached hydrogen (secondary N) is 2. The van der Waals surface area contributed by atoms with E-state index in [1.54, 1.807) is 24.3 Å². The first-order valence-corrected chi connectivity index (χ1v) is 10.8. The van der Waals surface area contributed by atoms with Gasteiger partial charge in [0.05, 0.1) is 24.3 Å². The fourth-order valence-electron chi connectivity index (χ4n) is 3.48. The van der Waals surface area contributed by atoms with E-state index >= 15 is 0 Å². The lowest BCUT2D eigenvalue weighted by molar-refractivity contribution is 0.0652. The van der Waals surface area contributed by atoms with Gasteiger partial charge in [0.2, 0.25) is 0 Å². The first-order valence-electron chi connectivity index (χ1n) is 10.8. The normalized spacial score (nSPS) is 12.9. The molecule has 2 amide bonds. The van der Waals surface area contributed by atoms with Crippen molar-refractivity contribution < 1.29 is 14.3 Å². The summed E-state index contributed by atoms with van der Waals surface area (Å²) < 4.78 is 5.66. The summed E-state index contributed by atoms with van der Waals surface area (Å²) in [6.07, 6.45) is 1.54. The third kappa shape index (κ3) is 6.44. The van der Waals surface area contributed by atoms with Gasteiger partial charge in [-0.05, 0) is 44.9 Å². The van der Waals surface area contributed by atoms with Crippen molar-refractivity contribution in [1.29, 1.82) is 0 Å². The summed E-state index contributed by atoms with van der Waals surface area (Å²) in [6.45, 7) is 6.99. The lowest BCUT2D eigenvalue weighted by Gasteiger charge is -2.15. The molecule has 2 aromatic rings. The predicted molar refractivity (Wildman–Crippen MR) is 137 cm³/mol. The Labute approximate surface area is 206 Å². The van der Waals surface area contributed by atoms with Crippen LogP contribution in [0.4, 0.5) is 0 Å². The molecule has 0 aliphatic carbocycles. The minimum atomic E-state index is -0.198. The number of aliphatic imine (C=N–C) groups is 1. The van der Waals surface area contributed by atoms with Crippen LogP contribution in [0.1, 0.15) is 53.0 Å². The van der Waals surface area contributed by atoms with Gasteiger partial charge in [-0.25, -0.2) is 4.99 Å². The first kappa shape index (κ1) is 25.6. The Kier molecular flexibility index (Phi) is 10.5. The number of benzene rings is 2. The van der Waals surface area contributed by atoms with Crippen LogP contribution in [0.15, 0.2) is 53.5 Å². The number of amides is 2. The molecular weight excluding hydrogens is 519 g/mol. The maximum atomic E-state index is 12.4. The van der Waals surface area contributed by atoms with Crippen LogP contribution in [0, 0.1) is 0 Å². The molecule has 0 radical (unpaired) electrons. The number of halogens is 1. The van der Waals surface area contributed by atoms with Gasteiger partial charge in [-0.15, -0.1) is 24.0 Å². The van der Waals surface area contributed by atoms with Crippen LogP contribution in [0.25, 0.3) is 0 Å². The summed E-state index contributed by atoms with van der Waals surface area (Å²) in [7, 11) is 0. The van der Waals surface area contributed by atoms with Gasteiger partial charge in [0.1, 0.15) is 5.75 Å². The standard InChI is InChI=1S/C24H30N4O3.HI/c1-3-25-24(27-17-18-11-5-8-14-21(18)31-4-2)26-15-9-10-16-28-22(29)19-12-6-7-13-20(19)23(28)30;/h5-8,11-14H,3-4,9-10,15-17H2,1-2H3,(H2,25,26,27);1H. The van der Waals surface area contributed by atoms with E-state index in [1.807, 2.05) is 38.1 Å². The highest BCUT2D eigenvalue weighted by Gasteiger charge is 2.34. The van der Waals surface area contributed by atoms with Gasteiger partial charge in [-0.2, -0.15) is 0 Å². The van der Waals surface area contributed by atoms with Crippen LogP contribution >= 0.6 is 24.0 Å². The van der Waals surface area contributed by atoms with Crippen molar-refractivity contribution in [2.75, 3.05) is 26.2 Å². The summed E-state index contributed by atoms with van der Waals surface area (Å²) in [5, 5.41) is 6.56. The van der Waals surface area contributed by atoms with Gasteiger partial charge in [0.25, 0.3) is 11.8 Å². The number of ether oxygens (including phenoxy) is 1. The van der Waals surface area contributed by atoms with E-state index in [-0.39, 0.29) is 35.8 Å². The molecule has 0 fully saturated rings. The van der Waals surface area contributed by atoms with Crippen molar-refractivity contribution >= 4 is 41.8 Å². The number of hydrogen-bond acceptors (Lipinski definition) is 4. The number of unbranched alkanes of at least 4 members (excludes halogenated alkanes) is 1. The molecule has 3 rings (SSSR count). The first-order chi connectivity index (χ1) is 15.2. The van der Waals surface area contributed by atoms with Gasteiger partial charge in [-0.3, -0.25) is 14.5 Å². The summed E-state index contributed by atoms with van der Waals surface area (Å²) in [5.41, 5.74) is 2.03. The topological polar surface area (TPSA) is 83.0 Å². The van der Waals surface area contributed by atoms with E-state index in [0.717, 1.165) is 36.7 Å². The van der Waals surface area contributed by atoms with E-state index in [4.69, 9.17) is 4.74 Å². The zero-order valence-corrected chi connectivity index (χ0v) is 20.9. The zero-order valence-electron chi connectivity index (χ0n) is 18.6. The molecule has 0 atom stereocenters. The number of hydrogen-bond donors (Lipinski definition) is 2. The fourth-order valence-corrected chi connectivity index (χ4v) is 3.48. The quantitative estimate of drug-likeness (QED) is 0.155. The van der Waals surface area contributed by atoms with E-state index in [2.05, 4.69) is 15.6 Å². The van der Waals surface area contributed by atoms with Crippen LogP contribution in [0.2, 0.25) is 0 Å². The van der Waals surface area contributed by atoms with E-state index in [9.17, 15) is 9.59 Å². The molecule has 8 heteroatoms. The van der Waals surface area contributed by atoms with Gasteiger partial charge in [0, 0.05) is 25.2 Å². The molecule has 2 N–H and O–H groups in total. The number of imide groups is 1. The molecule has 1 aliphatic heterocycles. The molecule has 0 spiro atoms. The third-order valence-corrected chi connectivity index (χ3v) is 5.00. The van der Waals surface area contributed by atoms with Gasteiger partial charge >= 0.3 is 0 Å². The molecule has 0 aromatic heterocycles. The molecule has 1 heterocycles. The number of para-hydroxylation sites is 1.